The molecule has 0 fully saturated rings. The predicted octanol–water partition coefficient (Wildman–Crippen LogP) is 0.532. The van der Waals surface area contributed by atoms with Gasteiger partial charge in [-0.05, 0) is 19.1 Å². The molecule has 0 aromatic heterocycles. The smallest absolute Gasteiger partial charge is 0.114 e. The van der Waals surface area contributed by atoms with E-state index in [1.54, 1.807) is 13.0 Å². The highest BCUT2D eigenvalue weighted by Crippen LogP contribution is 2.06. The lowest BCUT2D eigenvalue weighted by Gasteiger charge is -2.01. The molecule has 0 atom stereocenters. The highest BCUT2D eigenvalue weighted by atomic mass is 14.3. The van der Waals surface area contributed by atoms with E-state index in [9.17, 15) is 0 Å². The SMILES string of the molecule is [B]c1cc(C#N)c(C#N)cc1C. The molecule has 2 radical (unpaired) electrons. The summed E-state index contributed by atoms with van der Waals surface area (Å²) in [5.41, 5.74) is 2.08. The van der Waals surface area contributed by atoms with E-state index in [2.05, 4.69) is 0 Å². The molecule has 0 N–H and O–H groups in total. The molecule has 12 heavy (non-hydrogen) atoms. The average Bonchev–Trinajstić information content (AvgIpc) is 2.09. The minimum absolute atomic E-state index is 0.334. The summed E-state index contributed by atoms with van der Waals surface area (Å²) in [6.45, 7) is 1.80. The molecule has 2 nitrogen and oxygen atoms in total. The molecule has 0 spiro atoms. The third-order valence-corrected chi connectivity index (χ3v) is 1.65. The van der Waals surface area contributed by atoms with Gasteiger partial charge in [0.05, 0.1) is 11.1 Å². The summed E-state index contributed by atoms with van der Waals surface area (Å²) in [5.74, 6) is 0. The van der Waals surface area contributed by atoms with E-state index >= 15 is 0 Å². The molecule has 1 aromatic carbocycles. The van der Waals surface area contributed by atoms with E-state index in [1.165, 1.54) is 6.07 Å². The molecular formula is C9H5BN2. The summed E-state index contributed by atoms with van der Waals surface area (Å²) in [6, 6.07) is 6.99. The lowest BCUT2D eigenvalue weighted by atomic mass is 9.88. The van der Waals surface area contributed by atoms with Gasteiger partial charge in [-0.15, -0.1) is 0 Å². The summed E-state index contributed by atoms with van der Waals surface area (Å²) in [6.07, 6.45) is 0. The maximum Gasteiger partial charge on any atom is 0.114 e. The predicted molar refractivity (Wildman–Crippen MR) is 46.0 cm³/mol. The van der Waals surface area contributed by atoms with Gasteiger partial charge in [-0.1, -0.05) is 11.0 Å². The van der Waals surface area contributed by atoms with Crippen molar-refractivity contribution in [3.8, 4) is 12.1 Å². The van der Waals surface area contributed by atoms with Gasteiger partial charge in [-0.3, -0.25) is 0 Å². The van der Waals surface area contributed by atoms with Crippen LogP contribution in [0.25, 0.3) is 0 Å². The Morgan fingerprint density at radius 3 is 2.17 bits per heavy atom. The highest BCUT2D eigenvalue weighted by molar-refractivity contribution is 6.33. The zero-order valence-corrected chi connectivity index (χ0v) is 6.63. The Balaban J connectivity index is 3.44. The molecule has 0 aliphatic carbocycles. The Kier molecular flexibility index (Phi) is 2.17. The number of hydrogen-bond acceptors (Lipinski definition) is 2. The van der Waals surface area contributed by atoms with Crippen molar-refractivity contribution in [2.75, 3.05) is 0 Å². The van der Waals surface area contributed by atoms with Gasteiger partial charge >= 0.3 is 0 Å². The van der Waals surface area contributed by atoms with E-state index in [0.717, 1.165) is 5.56 Å². The van der Waals surface area contributed by atoms with Gasteiger partial charge in [0.2, 0.25) is 0 Å². The molecule has 1 rings (SSSR count). The molecule has 54 valence electrons. The molecule has 0 aliphatic rings. The number of nitriles is 2. The van der Waals surface area contributed by atoms with E-state index in [1.807, 2.05) is 12.1 Å². The summed E-state index contributed by atoms with van der Waals surface area (Å²) in [4.78, 5) is 0. The van der Waals surface area contributed by atoms with E-state index < -0.39 is 0 Å². The van der Waals surface area contributed by atoms with Gasteiger partial charge in [-0.2, -0.15) is 10.5 Å². The molecule has 0 saturated carbocycles. The van der Waals surface area contributed by atoms with Crippen LogP contribution in [-0.2, 0) is 0 Å². The minimum Gasteiger partial charge on any atom is -0.192 e. The lowest BCUT2D eigenvalue weighted by Crippen LogP contribution is -2.08. The van der Waals surface area contributed by atoms with Gasteiger partial charge in [-0.25, -0.2) is 0 Å². The third-order valence-electron chi connectivity index (χ3n) is 1.65. The largest absolute Gasteiger partial charge is 0.192 e. The molecule has 0 amide bonds. The number of nitrogens with zero attached hydrogens (tertiary/aromatic N) is 2. The second-order valence-electron chi connectivity index (χ2n) is 2.48. The van der Waals surface area contributed by atoms with E-state index in [0.29, 0.717) is 16.6 Å². The monoisotopic (exact) mass is 152 g/mol. The van der Waals surface area contributed by atoms with Crippen molar-refractivity contribution in [2.45, 2.75) is 6.92 Å². The molecule has 0 heterocycles. The first-order valence-corrected chi connectivity index (χ1v) is 3.39. The summed E-state index contributed by atoms with van der Waals surface area (Å²) in [5, 5.41) is 17.2. The van der Waals surface area contributed by atoms with Crippen LogP contribution < -0.4 is 5.46 Å². The van der Waals surface area contributed by atoms with Crippen LogP contribution in [0.4, 0.5) is 0 Å². The van der Waals surface area contributed by atoms with Crippen molar-refractivity contribution in [1.29, 1.82) is 10.5 Å². The molecule has 0 saturated heterocycles. The van der Waals surface area contributed by atoms with Crippen molar-refractivity contribution in [3.63, 3.8) is 0 Å². The third kappa shape index (κ3) is 1.31. The Morgan fingerprint density at radius 1 is 1.17 bits per heavy atom. The first-order chi connectivity index (χ1) is 5.69. The van der Waals surface area contributed by atoms with Crippen LogP contribution in [0.3, 0.4) is 0 Å². The zero-order valence-electron chi connectivity index (χ0n) is 6.63. The second kappa shape index (κ2) is 3.11. The fraction of sp³-hybridized carbons (Fsp3) is 0.111. The van der Waals surface area contributed by atoms with Crippen molar-refractivity contribution < 1.29 is 0 Å². The van der Waals surface area contributed by atoms with E-state index in [-0.39, 0.29) is 0 Å². The molecule has 0 unspecified atom stereocenters. The van der Waals surface area contributed by atoms with Crippen LogP contribution in [-0.4, -0.2) is 7.85 Å². The first kappa shape index (κ1) is 8.36. The van der Waals surface area contributed by atoms with Gasteiger partial charge in [0.25, 0.3) is 0 Å². The quantitative estimate of drug-likeness (QED) is 0.509. The van der Waals surface area contributed by atoms with Gasteiger partial charge < -0.3 is 0 Å². The number of benzene rings is 1. The summed E-state index contributed by atoms with van der Waals surface area (Å²) >= 11 is 0. The van der Waals surface area contributed by atoms with Crippen molar-refractivity contribution in [3.05, 3.63) is 28.8 Å². The van der Waals surface area contributed by atoms with Gasteiger partial charge in [0.15, 0.2) is 0 Å². The van der Waals surface area contributed by atoms with Crippen LogP contribution in [0.15, 0.2) is 12.1 Å². The second-order valence-corrected chi connectivity index (χ2v) is 2.48. The van der Waals surface area contributed by atoms with Crippen LogP contribution in [0.2, 0.25) is 0 Å². The minimum atomic E-state index is 0.334. The van der Waals surface area contributed by atoms with Crippen LogP contribution in [0, 0.1) is 29.6 Å². The summed E-state index contributed by atoms with van der Waals surface area (Å²) in [7, 11) is 5.56. The topological polar surface area (TPSA) is 47.6 Å². The van der Waals surface area contributed by atoms with Crippen LogP contribution in [0.1, 0.15) is 16.7 Å². The summed E-state index contributed by atoms with van der Waals surface area (Å²) < 4.78 is 0. The number of hydrogen-bond donors (Lipinski definition) is 0. The standard InChI is InChI=1S/C9H5BN2/c1-6-2-7(4-11)8(5-12)3-9(6)10/h2-3H,1H3. The molecule has 0 bridgehead atoms. The Hall–Kier alpha value is -1.74. The van der Waals surface area contributed by atoms with Gasteiger partial charge in [0, 0.05) is 0 Å². The first-order valence-electron chi connectivity index (χ1n) is 3.39. The number of aryl methyl sites for hydroxylation is 1. The fourth-order valence-corrected chi connectivity index (χ4v) is 0.910. The van der Waals surface area contributed by atoms with E-state index in [4.69, 9.17) is 18.4 Å². The van der Waals surface area contributed by atoms with Crippen LogP contribution in [0.5, 0.6) is 0 Å². The Labute approximate surface area is 72.5 Å². The average molecular weight is 152 g/mol. The molecular weight excluding hydrogens is 147 g/mol. The van der Waals surface area contributed by atoms with Crippen molar-refractivity contribution >= 4 is 13.3 Å². The molecule has 3 heteroatoms. The fourth-order valence-electron chi connectivity index (χ4n) is 0.910. The number of rotatable bonds is 0. The maximum atomic E-state index is 8.62. The molecule has 1 aromatic rings. The normalized spacial score (nSPS) is 8.58. The Bertz CT molecular complexity index is 357. The highest BCUT2D eigenvalue weighted by Gasteiger charge is 2.02. The zero-order chi connectivity index (χ0) is 9.14. The Morgan fingerprint density at radius 2 is 1.67 bits per heavy atom. The maximum absolute atomic E-state index is 8.62. The molecule has 0 aliphatic heterocycles. The van der Waals surface area contributed by atoms with Crippen LogP contribution >= 0.6 is 0 Å². The van der Waals surface area contributed by atoms with Crippen molar-refractivity contribution in [2.24, 2.45) is 0 Å². The lowest BCUT2D eigenvalue weighted by molar-refractivity contribution is 1.40. The van der Waals surface area contributed by atoms with Gasteiger partial charge in [0.1, 0.15) is 20.0 Å². The van der Waals surface area contributed by atoms with Crippen molar-refractivity contribution in [1.82, 2.24) is 0 Å².